The minimum atomic E-state index is 0.0140. The molecule has 0 bridgehead atoms. The van der Waals surface area contributed by atoms with Crippen LogP contribution >= 0.6 is 0 Å². The summed E-state index contributed by atoms with van der Waals surface area (Å²) in [5.74, 6) is 0.886. The third-order valence-corrected chi connectivity index (χ3v) is 4.48. The molecule has 3 heterocycles. The lowest BCUT2D eigenvalue weighted by Gasteiger charge is -2.31. The second-order valence-corrected chi connectivity index (χ2v) is 6.11. The summed E-state index contributed by atoms with van der Waals surface area (Å²) >= 11 is 0. The van der Waals surface area contributed by atoms with Gasteiger partial charge in [0.25, 0.3) is 0 Å². The molecule has 2 amide bonds. The van der Waals surface area contributed by atoms with Crippen molar-refractivity contribution in [3.8, 4) is 0 Å². The molecule has 2 saturated heterocycles. The molecule has 2 aliphatic rings. The number of piperidine rings is 1. The fourth-order valence-electron chi connectivity index (χ4n) is 3.17. The van der Waals surface area contributed by atoms with Gasteiger partial charge in [-0.15, -0.1) is 0 Å². The molecule has 8 heteroatoms. The van der Waals surface area contributed by atoms with Crippen molar-refractivity contribution in [2.45, 2.75) is 25.2 Å². The highest BCUT2D eigenvalue weighted by molar-refractivity contribution is 5.74. The minimum absolute atomic E-state index is 0.0140. The van der Waals surface area contributed by atoms with Gasteiger partial charge in [0.05, 0.1) is 13.2 Å². The van der Waals surface area contributed by atoms with Gasteiger partial charge in [0, 0.05) is 38.6 Å². The molecule has 128 valence electrons. The Labute approximate surface area is 136 Å². The zero-order valence-corrected chi connectivity index (χ0v) is 13.4. The molecule has 3 rings (SSSR count). The molecule has 1 aromatic rings. The average molecular weight is 323 g/mol. The summed E-state index contributed by atoms with van der Waals surface area (Å²) in [6, 6.07) is 0.0140. The van der Waals surface area contributed by atoms with Crippen molar-refractivity contribution in [3.05, 3.63) is 12.2 Å². The molecule has 2 fully saturated rings. The van der Waals surface area contributed by atoms with Gasteiger partial charge in [0.2, 0.25) is 6.39 Å². The highest BCUT2D eigenvalue weighted by Crippen LogP contribution is 2.24. The number of carbonyl (C=O) groups excluding carboxylic acids is 1. The number of hydrogen-bond acceptors (Lipinski definition) is 6. The maximum Gasteiger partial charge on any atom is 0.317 e. The smallest absolute Gasteiger partial charge is 0.317 e. The molecule has 1 aromatic heterocycles. The van der Waals surface area contributed by atoms with Crippen molar-refractivity contribution in [3.63, 3.8) is 0 Å². The van der Waals surface area contributed by atoms with E-state index >= 15 is 0 Å². The van der Waals surface area contributed by atoms with Gasteiger partial charge >= 0.3 is 6.03 Å². The quantitative estimate of drug-likeness (QED) is 0.802. The lowest BCUT2D eigenvalue weighted by molar-refractivity contribution is 0.0375. The number of carbonyl (C=O) groups is 1. The highest BCUT2D eigenvalue weighted by Gasteiger charge is 2.27. The average Bonchev–Trinajstić information content (AvgIpc) is 3.14. The van der Waals surface area contributed by atoms with Crippen LogP contribution < -0.4 is 5.32 Å². The van der Waals surface area contributed by atoms with Crippen molar-refractivity contribution < 1.29 is 14.1 Å². The van der Waals surface area contributed by atoms with Gasteiger partial charge in [-0.3, -0.25) is 4.90 Å². The second-order valence-electron chi connectivity index (χ2n) is 6.11. The van der Waals surface area contributed by atoms with E-state index < -0.39 is 0 Å². The minimum Gasteiger partial charge on any atom is -0.379 e. The van der Waals surface area contributed by atoms with E-state index in [0.717, 1.165) is 58.7 Å². The summed E-state index contributed by atoms with van der Waals surface area (Å²) in [7, 11) is 0. The molecule has 0 spiro atoms. The number of nitrogens with zero attached hydrogens (tertiary/aromatic N) is 4. The molecule has 0 aliphatic carbocycles. The maximum atomic E-state index is 12.3. The molecular formula is C15H25N5O3. The van der Waals surface area contributed by atoms with Gasteiger partial charge in [0.1, 0.15) is 0 Å². The largest absolute Gasteiger partial charge is 0.379 e. The molecule has 0 radical (unpaired) electrons. The Kier molecular flexibility index (Phi) is 5.82. The highest BCUT2D eigenvalue weighted by atomic mass is 16.5. The number of likely N-dealkylation sites (tertiary alicyclic amines) is 1. The summed E-state index contributed by atoms with van der Waals surface area (Å²) in [6.07, 6.45) is 4.29. The van der Waals surface area contributed by atoms with Crippen LogP contribution in [0.1, 0.15) is 31.0 Å². The van der Waals surface area contributed by atoms with Gasteiger partial charge in [-0.1, -0.05) is 5.16 Å². The number of morpholine rings is 1. The van der Waals surface area contributed by atoms with Gasteiger partial charge in [-0.05, 0) is 25.8 Å². The molecule has 1 N–H and O–H groups in total. The number of ether oxygens (including phenoxy) is 1. The molecular weight excluding hydrogens is 298 g/mol. The van der Waals surface area contributed by atoms with E-state index in [2.05, 4.69) is 20.4 Å². The van der Waals surface area contributed by atoms with E-state index in [4.69, 9.17) is 9.26 Å². The Morgan fingerprint density at radius 2 is 2.22 bits per heavy atom. The van der Waals surface area contributed by atoms with Crippen molar-refractivity contribution in [1.82, 2.24) is 25.3 Å². The predicted octanol–water partition coefficient (Wildman–Crippen LogP) is 0.681. The maximum absolute atomic E-state index is 12.3. The first-order valence-electron chi connectivity index (χ1n) is 8.42. The first kappa shape index (κ1) is 16.2. The third kappa shape index (κ3) is 4.65. The third-order valence-electron chi connectivity index (χ3n) is 4.48. The van der Waals surface area contributed by atoms with Crippen molar-refractivity contribution in [2.75, 3.05) is 52.5 Å². The van der Waals surface area contributed by atoms with Crippen LogP contribution in [0.2, 0.25) is 0 Å². The topological polar surface area (TPSA) is 83.7 Å². The fourth-order valence-corrected chi connectivity index (χ4v) is 3.17. The predicted molar refractivity (Wildman–Crippen MR) is 83.1 cm³/mol. The normalized spacial score (nSPS) is 23.0. The van der Waals surface area contributed by atoms with Crippen LogP contribution in [0.25, 0.3) is 0 Å². The second kappa shape index (κ2) is 8.26. The summed E-state index contributed by atoms with van der Waals surface area (Å²) in [4.78, 5) is 20.6. The van der Waals surface area contributed by atoms with Crippen LogP contribution in [0, 0.1) is 0 Å². The van der Waals surface area contributed by atoms with Gasteiger partial charge in [0.15, 0.2) is 5.82 Å². The zero-order chi connectivity index (χ0) is 15.9. The summed E-state index contributed by atoms with van der Waals surface area (Å²) < 4.78 is 10.1. The fraction of sp³-hybridized carbons (Fsp3) is 0.800. The van der Waals surface area contributed by atoms with Crippen LogP contribution in [-0.2, 0) is 4.74 Å². The number of rotatable bonds is 5. The number of aromatic nitrogens is 2. The first-order valence-corrected chi connectivity index (χ1v) is 8.42. The molecule has 1 atom stereocenters. The van der Waals surface area contributed by atoms with E-state index in [1.54, 1.807) is 0 Å². The molecule has 0 saturated carbocycles. The van der Waals surface area contributed by atoms with Crippen molar-refractivity contribution in [1.29, 1.82) is 0 Å². The lowest BCUT2D eigenvalue weighted by Crippen LogP contribution is -2.46. The molecule has 0 aromatic carbocycles. The van der Waals surface area contributed by atoms with E-state index in [9.17, 15) is 4.79 Å². The SMILES string of the molecule is O=C(NCCCN1CCOCC1)N1CCC[C@@H](c2ncon2)C1. The summed E-state index contributed by atoms with van der Waals surface area (Å²) in [6.45, 7) is 6.79. The number of urea groups is 1. The monoisotopic (exact) mass is 323 g/mol. The number of nitrogens with one attached hydrogen (secondary N) is 1. The Hall–Kier alpha value is -1.67. The zero-order valence-electron chi connectivity index (χ0n) is 13.4. The van der Waals surface area contributed by atoms with Gasteiger partial charge in [-0.25, -0.2) is 4.79 Å². The number of hydrogen-bond donors (Lipinski definition) is 1. The van der Waals surface area contributed by atoms with E-state index in [0.29, 0.717) is 18.9 Å². The van der Waals surface area contributed by atoms with E-state index in [1.807, 2.05) is 4.90 Å². The van der Waals surface area contributed by atoms with Crippen molar-refractivity contribution in [2.24, 2.45) is 0 Å². The molecule has 23 heavy (non-hydrogen) atoms. The van der Waals surface area contributed by atoms with Crippen LogP contribution in [-0.4, -0.2) is 78.5 Å². The Morgan fingerprint density at radius 1 is 1.35 bits per heavy atom. The van der Waals surface area contributed by atoms with Crippen LogP contribution in [0.5, 0.6) is 0 Å². The Bertz CT molecular complexity index is 475. The summed E-state index contributed by atoms with van der Waals surface area (Å²) in [5.41, 5.74) is 0. The van der Waals surface area contributed by atoms with Crippen LogP contribution in [0.15, 0.2) is 10.9 Å². The van der Waals surface area contributed by atoms with E-state index in [1.165, 1.54) is 6.39 Å². The van der Waals surface area contributed by atoms with Crippen LogP contribution in [0.4, 0.5) is 4.79 Å². The Morgan fingerprint density at radius 3 is 3.00 bits per heavy atom. The Balaban J connectivity index is 1.36. The lowest BCUT2D eigenvalue weighted by atomic mass is 9.98. The molecule has 0 unspecified atom stereocenters. The van der Waals surface area contributed by atoms with E-state index in [-0.39, 0.29) is 11.9 Å². The van der Waals surface area contributed by atoms with Crippen LogP contribution in [0.3, 0.4) is 0 Å². The first-order chi connectivity index (χ1) is 11.3. The molecule has 8 nitrogen and oxygen atoms in total. The van der Waals surface area contributed by atoms with Crippen molar-refractivity contribution >= 4 is 6.03 Å². The summed E-state index contributed by atoms with van der Waals surface area (Å²) in [5, 5.41) is 6.92. The number of amides is 2. The molecule has 2 aliphatic heterocycles. The van der Waals surface area contributed by atoms with Gasteiger partial charge in [-0.2, -0.15) is 4.98 Å². The standard InChI is InChI=1S/C15H25N5O3/c21-15(16-4-2-5-19-7-9-22-10-8-19)20-6-1-3-13(11-20)14-17-12-23-18-14/h12-13H,1-11H2,(H,16,21)/t13-/m1/s1. The van der Waals surface area contributed by atoms with Gasteiger partial charge < -0.3 is 19.5 Å².